The van der Waals surface area contributed by atoms with Gasteiger partial charge < -0.3 is 5.32 Å². The number of nitrogens with one attached hydrogen (secondary N) is 1. The Kier molecular flexibility index (Phi) is 4.15. The van der Waals surface area contributed by atoms with Crippen molar-refractivity contribution in [2.75, 3.05) is 5.32 Å². The highest BCUT2D eigenvalue weighted by Crippen LogP contribution is 2.16. The molecule has 6 nitrogen and oxygen atoms in total. The van der Waals surface area contributed by atoms with Crippen molar-refractivity contribution in [3.05, 3.63) is 88.0 Å². The molecule has 0 aliphatic rings. The van der Waals surface area contributed by atoms with E-state index in [1.54, 1.807) is 37.3 Å². The molecule has 136 valence electrons. The zero-order valence-corrected chi connectivity index (χ0v) is 14.4. The van der Waals surface area contributed by atoms with Gasteiger partial charge in [-0.05, 0) is 48.9 Å². The summed E-state index contributed by atoms with van der Waals surface area (Å²) in [6, 6.07) is 13.5. The molecule has 0 fully saturated rings. The fraction of sp³-hybridized carbons (Fsp3) is 0.105. The van der Waals surface area contributed by atoms with Crippen LogP contribution in [0.25, 0.3) is 5.78 Å². The molecule has 0 bridgehead atoms. The zero-order chi connectivity index (χ0) is 19.0. The molecule has 0 radical (unpaired) electrons. The monoisotopic (exact) mass is 367 g/mol. The van der Waals surface area contributed by atoms with E-state index >= 15 is 0 Å². The van der Waals surface area contributed by atoms with Crippen LogP contribution in [0, 0.1) is 18.6 Å². The SMILES string of the molecule is Cc1cc(Nc2ccc(F)cc2)nc2nn(Cc3ccc(F)cc3)c(=O)n12. The highest BCUT2D eigenvalue weighted by molar-refractivity contribution is 5.58. The normalized spacial score (nSPS) is 11.1. The Morgan fingerprint density at radius 3 is 2.30 bits per heavy atom. The average Bonchev–Trinajstić information content (AvgIpc) is 2.95. The smallest absolute Gasteiger partial charge is 0.340 e. The number of fused-ring (bicyclic) bond motifs is 1. The van der Waals surface area contributed by atoms with Gasteiger partial charge in [-0.3, -0.25) is 0 Å². The maximum atomic E-state index is 13.0. The summed E-state index contributed by atoms with van der Waals surface area (Å²) in [4.78, 5) is 17.0. The predicted octanol–water partition coefficient (Wildman–Crippen LogP) is 3.27. The Labute approximate surface area is 152 Å². The molecule has 0 atom stereocenters. The lowest BCUT2D eigenvalue weighted by molar-refractivity contribution is 0.622. The topological polar surface area (TPSA) is 64.2 Å². The van der Waals surface area contributed by atoms with Gasteiger partial charge in [-0.25, -0.2) is 22.7 Å². The van der Waals surface area contributed by atoms with Crippen molar-refractivity contribution in [2.24, 2.45) is 0 Å². The first kappa shape index (κ1) is 16.9. The molecule has 0 unspecified atom stereocenters. The van der Waals surface area contributed by atoms with E-state index in [1.807, 2.05) is 0 Å². The van der Waals surface area contributed by atoms with Crippen LogP contribution in [-0.4, -0.2) is 19.2 Å². The van der Waals surface area contributed by atoms with Gasteiger partial charge in [0.15, 0.2) is 0 Å². The number of halogens is 2. The van der Waals surface area contributed by atoms with Crippen LogP contribution in [0.4, 0.5) is 20.3 Å². The first-order chi connectivity index (χ1) is 13.0. The number of rotatable bonds is 4. The summed E-state index contributed by atoms with van der Waals surface area (Å²) >= 11 is 0. The third-order valence-corrected chi connectivity index (χ3v) is 4.10. The van der Waals surface area contributed by atoms with Gasteiger partial charge in [0, 0.05) is 17.4 Å². The molecule has 0 spiro atoms. The highest BCUT2D eigenvalue weighted by Gasteiger charge is 2.12. The molecule has 0 saturated carbocycles. The zero-order valence-electron chi connectivity index (χ0n) is 14.4. The lowest BCUT2D eigenvalue weighted by Crippen LogP contribution is -2.22. The van der Waals surface area contributed by atoms with E-state index in [0.29, 0.717) is 17.2 Å². The van der Waals surface area contributed by atoms with E-state index < -0.39 is 0 Å². The molecule has 1 N–H and O–H groups in total. The lowest BCUT2D eigenvalue weighted by Gasteiger charge is -2.06. The van der Waals surface area contributed by atoms with Crippen molar-refractivity contribution in [1.29, 1.82) is 0 Å². The minimum atomic E-state index is -0.338. The van der Waals surface area contributed by atoms with E-state index in [0.717, 1.165) is 5.56 Å². The first-order valence-electron chi connectivity index (χ1n) is 8.24. The number of anilines is 2. The number of nitrogens with zero attached hydrogens (tertiary/aromatic N) is 4. The van der Waals surface area contributed by atoms with Gasteiger partial charge in [0.25, 0.3) is 5.78 Å². The first-order valence-corrected chi connectivity index (χ1v) is 8.24. The van der Waals surface area contributed by atoms with E-state index in [2.05, 4.69) is 15.4 Å². The van der Waals surface area contributed by atoms with Crippen LogP contribution in [0.3, 0.4) is 0 Å². The summed E-state index contributed by atoms with van der Waals surface area (Å²) in [7, 11) is 0. The second-order valence-electron chi connectivity index (χ2n) is 6.12. The molecular weight excluding hydrogens is 352 g/mol. The maximum absolute atomic E-state index is 13.0. The molecule has 4 rings (SSSR count). The van der Waals surface area contributed by atoms with E-state index in [1.165, 1.54) is 33.3 Å². The van der Waals surface area contributed by atoms with Crippen molar-refractivity contribution < 1.29 is 8.78 Å². The van der Waals surface area contributed by atoms with Crippen molar-refractivity contribution in [3.8, 4) is 0 Å². The lowest BCUT2D eigenvalue weighted by atomic mass is 10.2. The molecule has 27 heavy (non-hydrogen) atoms. The van der Waals surface area contributed by atoms with Gasteiger partial charge in [0.05, 0.1) is 6.54 Å². The van der Waals surface area contributed by atoms with Crippen LogP contribution >= 0.6 is 0 Å². The molecule has 2 aromatic carbocycles. The van der Waals surface area contributed by atoms with E-state index in [-0.39, 0.29) is 29.6 Å². The maximum Gasteiger partial charge on any atom is 0.352 e. The Hall–Kier alpha value is -3.55. The van der Waals surface area contributed by atoms with Crippen LogP contribution in [0.1, 0.15) is 11.3 Å². The molecule has 8 heteroatoms. The second-order valence-corrected chi connectivity index (χ2v) is 6.12. The fourth-order valence-corrected chi connectivity index (χ4v) is 2.79. The predicted molar refractivity (Wildman–Crippen MR) is 97.2 cm³/mol. The summed E-state index contributed by atoms with van der Waals surface area (Å²) in [5.41, 5.74) is 1.75. The molecule has 2 heterocycles. The Morgan fingerprint density at radius 1 is 1.00 bits per heavy atom. The third kappa shape index (κ3) is 3.41. The molecule has 2 aromatic heterocycles. The summed E-state index contributed by atoms with van der Waals surface area (Å²) in [5.74, 6) is 0.0682. The van der Waals surface area contributed by atoms with Gasteiger partial charge in [-0.15, -0.1) is 5.10 Å². The van der Waals surface area contributed by atoms with E-state index in [4.69, 9.17) is 0 Å². The average molecular weight is 367 g/mol. The summed E-state index contributed by atoms with van der Waals surface area (Å²) in [6.07, 6.45) is 0. The van der Waals surface area contributed by atoms with Crippen LogP contribution < -0.4 is 11.0 Å². The summed E-state index contributed by atoms with van der Waals surface area (Å²) in [5, 5.41) is 7.33. The number of hydrogen-bond donors (Lipinski definition) is 1. The van der Waals surface area contributed by atoms with Crippen LogP contribution in [0.5, 0.6) is 0 Å². The Morgan fingerprint density at radius 2 is 1.63 bits per heavy atom. The van der Waals surface area contributed by atoms with Crippen molar-refractivity contribution in [1.82, 2.24) is 19.2 Å². The van der Waals surface area contributed by atoms with Gasteiger partial charge in [-0.2, -0.15) is 4.98 Å². The molecule has 4 aromatic rings. The van der Waals surface area contributed by atoms with Gasteiger partial charge in [0.2, 0.25) is 0 Å². The highest BCUT2D eigenvalue weighted by atomic mass is 19.1. The number of hydrogen-bond acceptors (Lipinski definition) is 4. The van der Waals surface area contributed by atoms with Crippen molar-refractivity contribution >= 4 is 17.3 Å². The minimum absolute atomic E-state index is 0.211. The van der Waals surface area contributed by atoms with Crippen molar-refractivity contribution in [2.45, 2.75) is 13.5 Å². The third-order valence-electron chi connectivity index (χ3n) is 4.10. The molecule has 0 amide bonds. The number of aryl methyl sites for hydroxylation is 1. The van der Waals surface area contributed by atoms with Crippen LogP contribution in [0.2, 0.25) is 0 Å². The van der Waals surface area contributed by atoms with Gasteiger partial charge in [-0.1, -0.05) is 12.1 Å². The van der Waals surface area contributed by atoms with Gasteiger partial charge in [0.1, 0.15) is 17.5 Å². The molecule has 0 aliphatic heterocycles. The van der Waals surface area contributed by atoms with E-state index in [9.17, 15) is 13.6 Å². The Bertz CT molecular complexity index is 1160. The van der Waals surface area contributed by atoms with Crippen LogP contribution in [0.15, 0.2) is 59.4 Å². The number of benzene rings is 2. The van der Waals surface area contributed by atoms with Crippen molar-refractivity contribution in [3.63, 3.8) is 0 Å². The summed E-state index contributed by atoms with van der Waals surface area (Å²) < 4.78 is 28.8. The van der Waals surface area contributed by atoms with Crippen LogP contribution in [-0.2, 0) is 6.54 Å². The molecule has 0 saturated heterocycles. The number of aromatic nitrogens is 4. The summed E-state index contributed by atoms with van der Waals surface area (Å²) in [6.45, 7) is 1.98. The largest absolute Gasteiger partial charge is 0.352 e. The second kappa shape index (κ2) is 6.64. The molecular formula is C19H15F2N5O. The quantitative estimate of drug-likeness (QED) is 0.601. The standard InChI is InChI=1S/C19H15F2N5O/c1-12-10-17(22-16-8-6-15(21)7-9-16)23-18-24-25(19(27)26(12)18)11-13-2-4-14(20)5-3-13/h2-10H,11H2,1H3,(H,22,23,24). The molecule has 0 aliphatic carbocycles. The Balaban J connectivity index is 1.68. The minimum Gasteiger partial charge on any atom is -0.340 e. The fourth-order valence-electron chi connectivity index (χ4n) is 2.79. The van der Waals surface area contributed by atoms with Gasteiger partial charge >= 0.3 is 5.69 Å².